The summed E-state index contributed by atoms with van der Waals surface area (Å²) < 4.78 is 15.1. The molecule has 1 aliphatic carbocycles. The molecule has 1 aromatic carbocycles. The van der Waals surface area contributed by atoms with E-state index in [2.05, 4.69) is 33.1 Å². The molecule has 1 aliphatic heterocycles. The van der Waals surface area contributed by atoms with Crippen LogP contribution in [0, 0.1) is 5.82 Å². The highest BCUT2D eigenvalue weighted by Gasteiger charge is 2.41. The highest BCUT2D eigenvalue weighted by Crippen LogP contribution is 2.36. The van der Waals surface area contributed by atoms with E-state index >= 15 is 0 Å². The Morgan fingerprint density at radius 1 is 1.40 bits per heavy atom. The van der Waals surface area contributed by atoms with Gasteiger partial charge in [-0.25, -0.2) is 4.39 Å². The summed E-state index contributed by atoms with van der Waals surface area (Å²) in [6.07, 6.45) is 6.07. The number of hydrogen-bond acceptors (Lipinski definition) is 2. The first-order chi connectivity index (χ1) is 9.63. The molecule has 0 bridgehead atoms. The molecular formula is C16H22BrFN2. The first-order valence-electron chi connectivity index (χ1n) is 7.60. The lowest BCUT2D eigenvalue weighted by Gasteiger charge is -2.47. The Bertz CT molecular complexity index is 485. The van der Waals surface area contributed by atoms with Crippen molar-refractivity contribution in [3.63, 3.8) is 0 Å². The lowest BCUT2D eigenvalue weighted by molar-refractivity contribution is 0.266. The monoisotopic (exact) mass is 340 g/mol. The molecule has 4 heteroatoms. The van der Waals surface area contributed by atoms with Gasteiger partial charge < -0.3 is 10.2 Å². The molecular weight excluding hydrogens is 319 g/mol. The summed E-state index contributed by atoms with van der Waals surface area (Å²) in [5.74, 6) is -0.118. The van der Waals surface area contributed by atoms with Gasteiger partial charge in [-0.05, 0) is 37.5 Å². The molecule has 1 saturated heterocycles. The van der Waals surface area contributed by atoms with Crippen molar-refractivity contribution in [2.75, 3.05) is 18.0 Å². The molecule has 110 valence electrons. The summed E-state index contributed by atoms with van der Waals surface area (Å²) in [5, 5.41) is 3.75. The Kier molecular flexibility index (Phi) is 4.04. The van der Waals surface area contributed by atoms with E-state index in [1.165, 1.54) is 25.7 Å². The van der Waals surface area contributed by atoms with Crippen LogP contribution in [0.2, 0.25) is 0 Å². The molecule has 1 N–H and O–H groups in total. The van der Waals surface area contributed by atoms with E-state index in [4.69, 9.17) is 0 Å². The smallest absolute Gasteiger partial charge is 0.147 e. The van der Waals surface area contributed by atoms with E-state index in [-0.39, 0.29) is 11.4 Å². The fraction of sp³-hybridized carbons (Fsp3) is 0.625. The third-order valence-corrected chi connectivity index (χ3v) is 5.37. The van der Waals surface area contributed by atoms with Crippen molar-refractivity contribution in [1.82, 2.24) is 5.32 Å². The molecule has 0 amide bonds. The number of benzene rings is 1. The van der Waals surface area contributed by atoms with Gasteiger partial charge in [0.05, 0.1) is 5.69 Å². The number of halogens is 2. The van der Waals surface area contributed by atoms with Gasteiger partial charge in [-0.2, -0.15) is 0 Å². The minimum atomic E-state index is -0.118. The Hall–Kier alpha value is -0.610. The summed E-state index contributed by atoms with van der Waals surface area (Å²) in [6.45, 7) is 4.08. The predicted molar refractivity (Wildman–Crippen MR) is 84.7 cm³/mol. The van der Waals surface area contributed by atoms with Crippen molar-refractivity contribution in [2.24, 2.45) is 0 Å². The van der Waals surface area contributed by atoms with Crippen LogP contribution < -0.4 is 10.2 Å². The largest absolute Gasteiger partial charge is 0.363 e. The van der Waals surface area contributed by atoms with Gasteiger partial charge in [0.25, 0.3) is 0 Å². The first kappa shape index (κ1) is 14.3. The molecule has 2 fully saturated rings. The number of rotatable bonds is 2. The fourth-order valence-corrected chi connectivity index (χ4v) is 4.04. The topological polar surface area (TPSA) is 15.3 Å². The van der Waals surface area contributed by atoms with Crippen LogP contribution in [0.25, 0.3) is 0 Å². The van der Waals surface area contributed by atoms with Gasteiger partial charge in [-0.15, -0.1) is 0 Å². The summed E-state index contributed by atoms with van der Waals surface area (Å²) in [7, 11) is 0. The Morgan fingerprint density at radius 3 is 2.80 bits per heavy atom. The summed E-state index contributed by atoms with van der Waals surface area (Å²) in [5.41, 5.74) is 0.971. The number of piperazine rings is 1. The lowest BCUT2D eigenvalue weighted by atomic mass is 9.91. The molecule has 0 radical (unpaired) electrons. The van der Waals surface area contributed by atoms with E-state index in [0.717, 1.165) is 29.7 Å². The van der Waals surface area contributed by atoms with Crippen molar-refractivity contribution in [2.45, 2.75) is 50.6 Å². The molecule has 3 rings (SSSR count). The van der Waals surface area contributed by atoms with Crippen LogP contribution in [0.3, 0.4) is 0 Å². The van der Waals surface area contributed by atoms with Gasteiger partial charge in [0.2, 0.25) is 0 Å². The maximum absolute atomic E-state index is 14.3. The number of nitrogens with zero attached hydrogens (tertiary/aromatic N) is 1. The van der Waals surface area contributed by atoms with Crippen molar-refractivity contribution in [3.8, 4) is 0 Å². The average Bonchev–Trinajstić information content (AvgIpc) is 2.87. The second kappa shape index (κ2) is 5.64. The molecule has 20 heavy (non-hydrogen) atoms. The summed E-state index contributed by atoms with van der Waals surface area (Å²) >= 11 is 3.34. The van der Waals surface area contributed by atoms with Crippen LogP contribution in [0.5, 0.6) is 0 Å². The zero-order valence-corrected chi connectivity index (χ0v) is 13.5. The van der Waals surface area contributed by atoms with Crippen molar-refractivity contribution in [1.29, 1.82) is 0 Å². The first-order valence-corrected chi connectivity index (χ1v) is 8.39. The molecule has 1 aromatic rings. The van der Waals surface area contributed by atoms with Crippen molar-refractivity contribution < 1.29 is 4.39 Å². The maximum Gasteiger partial charge on any atom is 0.147 e. The average molecular weight is 341 g/mol. The fourth-order valence-electron chi connectivity index (χ4n) is 3.70. The number of nitrogens with one attached hydrogen (secondary N) is 1. The second-order valence-electron chi connectivity index (χ2n) is 6.15. The van der Waals surface area contributed by atoms with Crippen LogP contribution in [0.15, 0.2) is 22.7 Å². The van der Waals surface area contributed by atoms with E-state index in [1.54, 1.807) is 6.07 Å². The van der Waals surface area contributed by atoms with Crippen molar-refractivity contribution >= 4 is 21.6 Å². The minimum absolute atomic E-state index is 0.118. The van der Waals surface area contributed by atoms with Crippen LogP contribution in [-0.4, -0.2) is 24.7 Å². The van der Waals surface area contributed by atoms with E-state index in [9.17, 15) is 4.39 Å². The van der Waals surface area contributed by atoms with Gasteiger partial charge in [-0.1, -0.05) is 35.7 Å². The molecule has 2 nitrogen and oxygen atoms in total. The molecule has 1 atom stereocenters. The van der Waals surface area contributed by atoms with Crippen molar-refractivity contribution in [3.05, 3.63) is 28.5 Å². The second-order valence-corrected chi connectivity index (χ2v) is 7.07. The predicted octanol–water partition coefficient (Wildman–Crippen LogP) is 4.09. The van der Waals surface area contributed by atoms with Gasteiger partial charge in [0.15, 0.2) is 0 Å². The highest BCUT2D eigenvalue weighted by molar-refractivity contribution is 9.10. The minimum Gasteiger partial charge on any atom is -0.363 e. The third kappa shape index (κ3) is 2.60. The molecule has 0 aromatic heterocycles. The molecule has 1 spiro atoms. The third-order valence-electron chi connectivity index (χ3n) is 4.88. The van der Waals surface area contributed by atoms with E-state index < -0.39 is 0 Å². The molecule has 1 heterocycles. The number of anilines is 1. The lowest BCUT2D eigenvalue weighted by Crippen LogP contribution is -2.63. The zero-order chi connectivity index (χ0) is 14.2. The molecule has 1 saturated carbocycles. The van der Waals surface area contributed by atoms with Crippen LogP contribution in [-0.2, 0) is 0 Å². The summed E-state index contributed by atoms with van der Waals surface area (Å²) in [6, 6.07) is 5.81. The van der Waals surface area contributed by atoms with Gasteiger partial charge in [-0.3, -0.25) is 0 Å². The molecule has 1 unspecified atom stereocenters. The standard InChI is InChI=1S/C16H22BrFN2/c1-2-13-10-19-16(7-3-4-8-16)11-20(13)15-6-5-12(17)9-14(15)18/h5-6,9,13,19H,2-4,7-8,10-11H2,1H3. The van der Waals surface area contributed by atoms with Gasteiger partial charge in [0, 0.05) is 29.1 Å². The maximum atomic E-state index is 14.3. The summed E-state index contributed by atoms with van der Waals surface area (Å²) in [4.78, 5) is 2.30. The highest BCUT2D eigenvalue weighted by atomic mass is 79.9. The quantitative estimate of drug-likeness (QED) is 0.872. The van der Waals surface area contributed by atoms with Crippen LogP contribution in [0.1, 0.15) is 39.0 Å². The van der Waals surface area contributed by atoms with Gasteiger partial charge in [0.1, 0.15) is 5.82 Å². The molecule has 2 aliphatic rings. The van der Waals surface area contributed by atoms with E-state index in [1.807, 2.05) is 12.1 Å². The Labute approximate surface area is 128 Å². The zero-order valence-electron chi connectivity index (χ0n) is 12.0. The normalized spacial score (nSPS) is 25.4. The van der Waals surface area contributed by atoms with Crippen LogP contribution in [0.4, 0.5) is 10.1 Å². The van der Waals surface area contributed by atoms with Gasteiger partial charge >= 0.3 is 0 Å². The number of hydrogen-bond donors (Lipinski definition) is 1. The SMILES string of the molecule is CCC1CNC2(CCCC2)CN1c1ccc(Br)cc1F. The van der Waals surface area contributed by atoms with Crippen LogP contribution >= 0.6 is 15.9 Å². The van der Waals surface area contributed by atoms with E-state index in [0.29, 0.717) is 6.04 Å². The Morgan fingerprint density at radius 2 is 2.15 bits per heavy atom. The Balaban J connectivity index is 1.90.